The van der Waals surface area contributed by atoms with Gasteiger partial charge in [-0.05, 0) is 103 Å². The van der Waals surface area contributed by atoms with Crippen LogP contribution in [0.1, 0.15) is 64.6 Å². The van der Waals surface area contributed by atoms with Crippen LogP contribution in [0.25, 0.3) is 17.2 Å². The lowest BCUT2D eigenvalue weighted by Gasteiger charge is -2.30. The molecular weight excluding hydrogens is 725 g/mol. The van der Waals surface area contributed by atoms with Crippen LogP contribution in [0.5, 0.6) is 5.75 Å². The van der Waals surface area contributed by atoms with E-state index >= 15 is 0 Å². The molecule has 4 aromatic rings. The summed E-state index contributed by atoms with van der Waals surface area (Å²) in [4.78, 5) is 21.1. The quantitative estimate of drug-likeness (QED) is 0.0860. The Bertz CT molecular complexity index is 1950. The molecule has 0 spiro atoms. The zero-order valence-corrected chi connectivity index (χ0v) is 33.6. The van der Waals surface area contributed by atoms with Gasteiger partial charge in [0.2, 0.25) is 0 Å². The molecule has 1 aliphatic rings. The highest BCUT2D eigenvalue weighted by atomic mass is 32.2. The van der Waals surface area contributed by atoms with E-state index in [0.29, 0.717) is 43.2 Å². The summed E-state index contributed by atoms with van der Waals surface area (Å²) < 4.78 is 52.4. The summed E-state index contributed by atoms with van der Waals surface area (Å²) >= 11 is 0. The number of carbonyl (C=O) groups is 1. The van der Waals surface area contributed by atoms with Crippen LogP contribution in [0.4, 0.5) is 11.4 Å². The molecule has 2 heterocycles. The maximum absolute atomic E-state index is 13.7. The molecule has 2 N–H and O–H groups in total. The first-order valence-corrected chi connectivity index (χ1v) is 21.6. The normalized spacial score (nSPS) is 13.5. The molecule has 13 heteroatoms. The lowest BCUT2D eigenvalue weighted by Crippen LogP contribution is -2.30. The summed E-state index contributed by atoms with van der Waals surface area (Å²) in [6.07, 6.45) is 9.88. The van der Waals surface area contributed by atoms with Gasteiger partial charge >= 0.3 is 0 Å². The van der Waals surface area contributed by atoms with Crippen molar-refractivity contribution in [3.63, 3.8) is 0 Å². The van der Waals surface area contributed by atoms with Crippen molar-refractivity contribution >= 4 is 44.3 Å². The first kappa shape index (κ1) is 42.4. The maximum atomic E-state index is 13.7. The summed E-state index contributed by atoms with van der Waals surface area (Å²) in [5, 5.41) is 3.10. The smallest absolute Gasteiger partial charge is 0.261 e. The van der Waals surface area contributed by atoms with Crippen LogP contribution in [0.15, 0.2) is 89.7 Å². The van der Waals surface area contributed by atoms with E-state index in [-0.39, 0.29) is 5.91 Å². The van der Waals surface area contributed by atoms with Crippen molar-refractivity contribution in [2.45, 2.75) is 70.6 Å². The van der Waals surface area contributed by atoms with Crippen LogP contribution in [0.2, 0.25) is 0 Å². The predicted molar refractivity (Wildman–Crippen MR) is 218 cm³/mol. The molecule has 0 aliphatic carbocycles. The molecule has 1 unspecified atom stereocenters. The van der Waals surface area contributed by atoms with Crippen LogP contribution >= 0.6 is 0 Å². The SMILES string of the molecule is CCCOCCOc1ccc(-c2ccc3c(c2)C=C(C(=O)Nc2ccc(S(=O)Cc4cncn4CCC)cc2)CCCN3CC(C)C)cc1.CS(=O)(=O)O. The largest absolute Gasteiger partial charge is 0.491 e. The molecule has 54 heavy (non-hydrogen) atoms. The average molecular weight is 779 g/mol. The summed E-state index contributed by atoms with van der Waals surface area (Å²) in [7, 11) is -4.88. The molecule has 1 amide bonds. The molecule has 0 fully saturated rings. The van der Waals surface area contributed by atoms with Gasteiger partial charge in [-0.15, -0.1) is 0 Å². The van der Waals surface area contributed by atoms with Crippen molar-refractivity contribution in [3.05, 3.63) is 96.1 Å². The number of nitrogens with zero attached hydrogens (tertiary/aromatic N) is 3. The molecule has 292 valence electrons. The fourth-order valence-corrected chi connectivity index (χ4v) is 7.14. The van der Waals surface area contributed by atoms with Gasteiger partial charge in [0.25, 0.3) is 16.0 Å². The molecule has 1 aromatic heterocycles. The maximum Gasteiger partial charge on any atom is 0.261 e. The summed E-state index contributed by atoms with van der Waals surface area (Å²) in [6, 6.07) is 22.0. The number of amides is 1. The average Bonchev–Trinajstić information content (AvgIpc) is 3.55. The third-order valence-corrected chi connectivity index (χ3v) is 9.75. The Labute approximate surface area is 323 Å². The zero-order chi connectivity index (χ0) is 39.1. The second-order valence-corrected chi connectivity index (χ2v) is 16.6. The van der Waals surface area contributed by atoms with Crippen molar-refractivity contribution in [3.8, 4) is 16.9 Å². The number of imidazole rings is 1. The highest BCUT2D eigenvalue weighted by Gasteiger charge is 2.20. The first-order chi connectivity index (χ1) is 25.8. The van der Waals surface area contributed by atoms with Gasteiger partial charge in [0, 0.05) is 54.3 Å². The summed E-state index contributed by atoms with van der Waals surface area (Å²) in [5.41, 5.74) is 6.72. The van der Waals surface area contributed by atoms with E-state index in [0.717, 1.165) is 89.8 Å². The Morgan fingerprint density at radius 3 is 2.35 bits per heavy atom. The molecule has 3 aromatic carbocycles. The minimum Gasteiger partial charge on any atom is -0.491 e. The minimum absolute atomic E-state index is 0.115. The molecule has 0 saturated carbocycles. The number of aromatic nitrogens is 2. The number of carbonyl (C=O) groups excluding carboxylic acids is 1. The van der Waals surface area contributed by atoms with E-state index in [1.165, 1.54) is 0 Å². The fraction of sp³-hybridized carbons (Fsp3) is 0.415. The fourth-order valence-electron chi connectivity index (χ4n) is 6.03. The molecule has 1 aliphatic heterocycles. The molecule has 0 bridgehead atoms. The number of anilines is 2. The monoisotopic (exact) mass is 778 g/mol. The molecule has 5 rings (SSSR count). The van der Waals surface area contributed by atoms with E-state index < -0.39 is 20.9 Å². The summed E-state index contributed by atoms with van der Waals surface area (Å²) in [5.74, 6) is 1.61. The third-order valence-electron chi connectivity index (χ3n) is 8.40. The minimum atomic E-state index is -3.67. The Hall–Kier alpha value is -4.30. The van der Waals surface area contributed by atoms with Gasteiger partial charge in [-0.1, -0.05) is 45.9 Å². The van der Waals surface area contributed by atoms with E-state index in [1.807, 2.05) is 36.4 Å². The molecule has 11 nitrogen and oxygen atoms in total. The van der Waals surface area contributed by atoms with Gasteiger partial charge in [0.15, 0.2) is 0 Å². The lowest BCUT2D eigenvalue weighted by molar-refractivity contribution is -0.112. The van der Waals surface area contributed by atoms with Crippen LogP contribution in [0.3, 0.4) is 0 Å². The first-order valence-electron chi connectivity index (χ1n) is 18.5. The van der Waals surface area contributed by atoms with Gasteiger partial charge in [-0.2, -0.15) is 8.42 Å². The number of aryl methyl sites for hydroxylation is 1. The second kappa shape index (κ2) is 21.0. The molecule has 1 atom stereocenters. The van der Waals surface area contributed by atoms with E-state index in [1.54, 1.807) is 12.5 Å². The predicted octanol–water partition coefficient (Wildman–Crippen LogP) is 7.86. The Balaban J connectivity index is 0.00000122. The Morgan fingerprint density at radius 1 is 0.981 bits per heavy atom. The number of hydrogen-bond acceptors (Lipinski definition) is 8. The van der Waals surface area contributed by atoms with Gasteiger partial charge < -0.3 is 24.3 Å². The number of nitrogens with one attached hydrogen (secondary N) is 1. The number of benzene rings is 3. The number of fused-ring (bicyclic) bond motifs is 1. The van der Waals surface area contributed by atoms with Crippen LogP contribution in [0, 0.1) is 5.92 Å². The molecular formula is C41H54N4O7S2. The zero-order valence-electron chi connectivity index (χ0n) is 32.0. The highest BCUT2D eigenvalue weighted by Crippen LogP contribution is 2.33. The van der Waals surface area contributed by atoms with Gasteiger partial charge in [0.05, 0.1) is 41.4 Å². The topological polar surface area (TPSA) is 140 Å². The van der Waals surface area contributed by atoms with Crippen molar-refractivity contribution in [1.82, 2.24) is 9.55 Å². The van der Waals surface area contributed by atoms with E-state index in [4.69, 9.17) is 14.0 Å². The van der Waals surface area contributed by atoms with Crippen molar-refractivity contribution in [2.24, 2.45) is 5.92 Å². The molecule has 0 radical (unpaired) electrons. The Kier molecular flexibility index (Phi) is 16.5. The van der Waals surface area contributed by atoms with Crippen LogP contribution in [-0.2, 0) is 42.7 Å². The lowest BCUT2D eigenvalue weighted by atomic mass is 9.96. The highest BCUT2D eigenvalue weighted by molar-refractivity contribution is 7.85. The van der Waals surface area contributed by atoms with Gasteiger partial charge in [0.1, 0.15) is 12.4 Å². The standard InChI is InChI=1S/C40H50N4O4S.CH4O3S/c1-5-19-44-29-41-26-36(44)28-49(46)38-16-12-35(13-17-38)42-40(45)33-8-7-20-43(27-30(3)4)39-18-11-32(24-34(39)25-33)31-9-14-37(15-10-31)48-23-22-47-21-6-2;1-5(2,3)4/h9-18,24-26,29-30H,5-8,19-23,27-28H2,1-4H3,(H,42,45);1H3,(H,2,3,4). The van der Waals surface area contributed by atoms with Crippen molar-refractivity contribution in [2.75, 3.05) is 49.4 Å². The Morgan fingerprint density at radius 2 is 1.69 bits per heavy atom. The number of rotatable bonds is 16. The second-order valence-electron chi connectivity index (χ2n) is 13.7. The van der Waals surface area contributed by atoms with Crippen molar-refractivity contribution < 1.29 is 31.4 Å². The summed E-state index contributed by atoms with van der Waals surface area (Å²) in [6.45, 7) is 13.2. The van der Waals surface area contributed by atoms with Gasteiger partial charge in [-0.3, -0.25) is 13.6 Å². The van der Waals surface area contributed by atoms with Crippen molar-refractivity contribution in [1.29, 1.82) is 0 Å². The number of hydrogen-bond donors (Lipinski definition) is 2. The molecule has 0 saturated heterocycles. The van der Waals surface area contributed by atoms with E-state index in [2.05, 4.69) is 83.9 Å². The van der Waals surface area contributed by atoms with Gasteiger partial charge in [-0.25, -0.2) is 4.98 Å². The number of ether oxygens (including phenoxy) is 2. The van der Waals surface area contributed by atoms with E-state index in [9.17, 15) is 17.4 Å². The van der Waals surface area contributed by atoms with Crippen LogP contribution in [-0.4, -0.2) is 71.8 Å². The van der Waals surface area contributed by atoms with Crippen LogP contribution < -0.4 is 15.0 Å². The third kappa shape index (κ3) is 13.8.